The van der Waals surface area contributed by atoms with Gasteiger partial charge in [0.1, 0.15) is 73.3 Å². The van der Waals surface area contributed by atoms with Crippen molar-refractivity contribution in [2.24, 2.45) is 23.3 Å². The molecule has 0 spiro atoms. The molecular weight excluding hydrogens is 1370 g/mol. The van der Waals surface area contributed by atoms with E-state index >= 15 is 9.59 Å². The molecule has 13 amide bonds. The lowest BCUT2D eigenvalue weighted by atomic mass is 9.96. The Morgan fingerprint density at radius 3 is 1.82 bits per heavy atom. The summed E-state index contributed by atoms with van der Waals surface area (Å²) in [5.41, 5.74) is 9.91. The number of esters is 3. The predicted molar refractivity (Wildman–Crippen MR) is 367 cm³/mol. The zero-order chi connectivity index (χ0) is 77.5. The highest BCUT2D eigenvalue weighted by Crippen LogP contribution is 2.30. The molecule has 12 N–H and O–H groups in total. The highest BCUT2D eigenvalue weighted by Gasteiger charge is 2.52. The number of imide groups is 1. The first kappa shape index (κ1) is 87.3. The van der Waals surface area contributed by atoms with Gasteiger partial charge in [-0.15, -0.1) is 0 Å². The number of hydrogen-bond acceptors (Lipinski definition) is 24. The van der Waals surface area contributed by atoms with E-state index in [1.807, 2.05) is 13.8 Å². The van der Waals surface area contributed by atoms with E-state index in [1.165, 1.54) is 49.6 Å². The Morgan fingerprint density at radius 1 is 0.625 bits per heavy atom. The lowest BCUT2D eigenvalue weighted by Crippen LogP contribution is -2.66. The maximum atomic E-state index is 15.5. The van der Waals surface area contributed by atoms with Gasteiger partial charge in [0, 0.05) is 66.7 Å². The van der Waals surface area contributed by atoms with Crippen molar-refractivity contribution < 1.29 is 110 Å². The largest absolute Gasteiger partial charge is 0.463 e. The molecule has 104 heavy (non-hydrogen) atoms. The second-order valence-electron chi connectivity index (χ2n) is 27.8. The van der Waals surface area contributed by atoms with Crippen molar-refractivity contribution >= 4 is 95.1 Å². The Kier molecular flexibility index (Phi) is 36.3. The molecule has 0 aromatic rings. The van der Waals surface area contributed by atoms with Gasteiger partial charge >= 0.3 is 30.1 Å². The predicted octanol–water partition coefficient (Wildman–Crippen LogP) is -0.712. The summed E-state index contributed by atoms with van der Waals surface area (Å²) < 4.78 is 39.0. The number of alkyl carbamates (subject to hydrolysis) is 1. The third-order valence-corrected chi connectivity index (χ3v) is 16.8. The van der Waals surface area contributed by atoms with Crippen LogP contribution in [0.2, 0.25) is 0 Å². The van der Waals surface area contributed by atoms with Crippen molar-refractivity contribution in [1.29, 1.82) is 0 Å². The van der Waals surface area contributed by atoms with Crippen LogP contribution >= 0.6 is 0 Å². The molecule has 4 saturated heterocycles. The number of carbonyl (C=O) groups is 16. The molecule has 0 saturated carbocycles. The Morgan fingerprint density at radius 2 is 1.21 bits per heavy atom. The summed E-state index contributed by atoms with van der Waals surface area (Å²) in [5.74, 6) is -11.6. The van der Waals surface area contributed by atoms with Gasteiger partial charge in [-0.1, -0.05) is 33.8 Å². The third kappa shape index (κ3) is 29.6. The van der Waals surface area contributed by atoms with Crippen LogP contribution in [0.25, 0.3) is 0 Å². The van der Waals surface area contributed by atoms with Crippen LogP contribution in [0.4, 0.5) is 9.59 Å². The fraction of sp³-hybridized carbons (Fsp3) is 0.735. The summed E-state index contributed by atoms with van der Waals surface area (Å²) in [4.78, 5) is 222. The highest BCUT2D eigenvalue weighted by molar-refractivity contribution is 6.03. The van der Waals surface area contributed by atoms with E-state index in [9.17, 15) is 67.1 Å². The minimum atomic E-state index is -1.80. The van der Waals surface area contributed by atoms with Gasteiger partial charge in [0.25, 0.3) is 5.91 Å². The van der Waals surface area contributed by atoms with Crippen LogP contribution in [0.3, 0.4) is 0 Å². The van der Waals surface area contributed by atoms with Crippen molar-refractivity contribution in [2.75, 3.05) is 59.1 Å². The highest BCUT2D eigenvalue weighted by atomic mass is 16.7. The molecular formula is C68H109N13O23. The monoisotopic (exact) mass is 1480 g/mol. The van der Waals surface area contributed by atoms with E-state index in [1.54, 1.807) is 13.8 Å². The molecule has 0 unspecified atom stereocenters. The molecule has 0 aromatic carbocycles. The fourth-order valence-electron chi connectivity index (χ4n) is 12.2. The lowest BCUT2D eigenvalue weighted by Gasteiger charge is -2.44. The van der Waals surface area contributed by atoms with E-state index < -0.39 is 200 Å². The minimum Gasteiger partial charge on any atom is -0.463 e. The normalized spacial score (nSPS) is 24.9. The van der Waals surface area contributed by atoms with Crippen molar-refractivity contribution in [3.8, 4) is 0 Å². The Balaban J connectivity index is 1.68. The number of primary amides is 1. The van der Waals surface area contributed by atoms with E-state index in [0.29, 0.717) is 11.3 Å². The molecule has 584 valence electrons. The van der Waals surface area contributed by atoms with Crippen LogP contribution in [-0.4, -0.2) is 247 Å². The molecule has 4 aliphatic heterocycles. The van der Waals surface area contributed by atoms with Gasteiger partial charge in [-0.25, -0.2) is 14.5 Å². The second-order valence-corrected chi connectivity index (χ2v) is 27.8. The number of ether oxygens (including phenoxy) is 7. The maximum absolute atomic E-state index is 15.5. The zero-order valence-corrected chi connectivity index (χ0v) is 61.6. The smallest absolute Gasteiger partial charge is 0.417 e. The summed E-state index contributed by atoms with van der Waals surface area (Å²) in [5, 5.41) is 21.1. The van der Waals surface area contributed by atoms with Gasteiger partial charge in [0.05, 0.1) is 13.2 Å². The molecule has 0 bridgehead atoms. The number of amides is 13. The van der Waals surface area contributed by atoms with Gasteiger partial charge in [-0.2, -0.15) is 0 Å². The first-order valence-electron chi connectivity index (χ1n) is 35.5. The summed E-state index contributed by atoms with van der Waals surface area (Å²) >= 11 is 0. The lowest BCUT2D eigenvalue weighted by molar-refractivity contribution is -0.275. The fourth-order valence-corrected chi connectivity index (χ4v) is 12.2. The SMILES string of the molecule is CC(=O)N[C@H]1[C@H](OC/C=C\COC(=O)NCCCC[C@@H]2NC(=O)[C@@H]3CCCN3C(=O)[C@H](CCCCN)N(C(=O)OC(C)(C)C)C(=O)[C@H](CCC(=O)NCCC(N)=O)NC(=O)[C@H](CC(C)C)NC(=O)CNC(=O)[C@@H]3CCCN3C(=O)[C@H](CC(C)C)NC2=O)O[C@H](COC(C)=O)[C@@H](OC(C)=O)[C@@H]1OC(C)=O. The van der Waals surface area contributed by atoms with E-state index in [0.717, 1.165) is 20.8 Å². The quantitative estimate of drug-likeness (QED) is 0.0191. The number of nitrogens with one attached hydrogen (secondary N) is 8. The molecule has 4 aliphatic rings. The molecule has 4 fully saturated rings. The van der Waals surface area contributed by atoms with E-state index in [-0.39, 0.29) is 135 Å². The number of carbonyl (C=O) groups excluding carboxylic acids is 16. The first-order chi connectivity index (χ1) is 49.0. The van der Waals surface area contributed by atoms with E-state index in [2.05, 4.69) is 42.5 Å². The van der Waals surface area contributed by atoms with Crippen molar-refractivity contribution in [3.63, 3.8) is 0 Å². The van der Waals surface area contributed by atoms with Gasteiger partial charge < -0.3 is 97.0 Å². The van der Waals surface area contributed by atoms with Gasteiger partial charge in [-0.3, -0.25) is 67.1 Å². The second kappa shape index (κ2) is 43.3. The topological polar surface area (TPSA) is 496 Å². The summed E-state index contributed by atoms with van der Waals surface area (Å²) in [6.45, 7) is 14.5. The molecule has 36 heteroatoms. The standard InChI is InChI=1S/C68H109N13O23/c1-38(2)34-46-59(90)77-45(24-25-53(87)71-29-26-52(70)86)63(94)81(67(97)104-68(9,10)11)50(21-12-14-27-69)64(95)80-31-19-23-49(80)61(92)76-44(58(89)78-47(35-39(3)4)62(93)79-30-18-22-48(79)60(91)73-36-54(88)75-46)20-13-15-28-72-66(96)99-33-17-16-32-98-65-55(74-40(5)82)57(102-43(8)85)56(101-42(7)84)51(103-65)37-100-41(6)83/h16-17,38-39,44-51,55-57,65H,12-15,18-37,69H2,1-11H3,(H2,70,86)(H,71,87)(H,72,96)(H,73,91)(H,74,82)(H,75,88)(H,76,92)(H,77,90)(H,78,89)/b17-16-/t44-,45-,46-,47-,48-,49-,50-,51+,55+,56+,57+,65+/m0/s1. The van der Waals surface area contributed by atoms with Crippen molar-refractivity contribution in [3.05, 3.63) is 12.2 Å². The average Bonchev–Trinajstić information content (AvgIpc) is 0.951. The van der Waals surface area contributed by atoms with Crippen LogP contribution in [0.15, 0.2) is 12.2 Å². The summed E-state index contributed by atoms with van der Waals surface area (Å²) in [7, 11) is 0. The van der Waals surface area contributed by atoms with Gasteiger partial charge in [-0.05, 0) is 129 Å². The number of unbranched alkanes of at least 4 members (excludes halogenated alkanes) is 2. The molecule has 0 aromatic heterocycles. The zero-order valence-electron chi connectivity index (χ0n) is 61.6. The number of nitrogens with two attached hydrogens (primary N) is 2. The number of fused-ring (bicyclic) bond motifs is 2. The average molecular weight is 1480 g/mol. The Hall–Kier alpha value is -9.06. The summed E-state index contributed by atoms with van der Waals surface area (Å²) in [6.07, 6.45) is -4.62. The molecule has 0 aliphatic carbocycles. The Labute approximate surface area is 605 Å². The number of nitrogens with zero attached hydrogens (tertiary/aromatic N) is 3. The van der Waals surface area contributed by atoms with Crippen LogP contribution in [0.5, 0.6) is 0 Å². The number of rotatable bonds is 29. The Bertz CT molecular complexity index is 3050. The van der Waals surface area contributed by atoms with Crippen LogP contribution in [-0.2, 0) is 100 Å². The van der Waals surface area contributed by atoms with E-state index in [4.69, 9.17) is 44.6 Å². The summed E-state index contributed by atoms with van der Waals surface area (Å²) in [6, 6.07) is -11.3. The van der Waals surface area contributed by atoms with Crippen molar-refractivity contribution in [1.82, 2.24) is 57.2 Å². The van der Waals surface area contributed by atoms with Gasteiger partial charge in [0.15, 0.2) is 18.5 Å². The molecule has 0 radical (unpaired) electrons. The molecule has 4 rings (SSSR count). The number of hydrogen-bond donors (Lipinski definition) is 10. The van der Waals surface area contributed by atoms with Crippen molar-refractivity contribution in [2.45, 2.75) is 251 Å². The van der Waals surface area contributed by atoms with Crippen LogP contribution in [0, 0.1) is 11.8 Å². The van der Waals surface area contributed by atoms with Crippen LogP contribution in [0.1, 0.15) is 172 Å². The molecule has 36 nitrogen and oxygen atoms in total. The van der Waals surface area contributed by atoms with Crippen LogP contribution < -0.4 is 54.0 Å². The first-order valence-corrected chi connectivity index (χ1v) is 35.5. The molecule has 4 heterocycles. The molecule has 12 atom stereocenters. The maximum Gasteiger partial charge on any atom is 0.417 e. The van der Waals surface area contributed by atoms with Gasteiger partial charge in [0.2, 0.25) is 59.1 Å². The third-order valence-electron chi connectivity index (χ3n) is 16.8. The minimum absolute atomic E-state index is 0.0189.